The van der Waals surface area contributed by atoms with Crippen molar-refractivity contribution >= 4 is 115 Å². The number of rotatable bonds is 73. The molecule has 0 aliphatic heterocycles. The van der Waals surface area contributed by atoms with Gasteiger partial charge in [-0.1, -0.05) is 29.0 Å². The Hall–Kier alpha value is -11.0. The van der Waals surface area contributed by atoms with Gasteiger partial charge in [-0.05, 0) is 132 Å². The minimum Gasteiger partial charge on any atom is -0.489 e. The third-order valence-electron chi connectivity index (χ3n) is 18.6. The largest absolute Gasteiger partial charge is 0.489 e. The first-order chi connectivity index (χ1) is 66.6. The molecule has 0 atom stereocenters. The van der Waals surface area contributed by atoms with Crippen molar-refractivity contribution in [1.82, 2.24) is 66.2 Å². The number of nitrogens with zero attached hydrogens (tertiary/aromatic N) is 9. The topological polar surface area (TPSA) is 809 Å². The number of benzene rings is 4. The standard InChI is InChI=1S/C77H111N13O43S9/c1-2-3-16-78-74(91)58-47-68(131-52-59-49-88(85-82-59)20-4-17-79-75(92)55-41-62(122-23-7-32-134(95,96)97)70(128-29-13-38-140(113,114)115)63(42-55)123-24-8-33-135(98,99)100)73(133-54-61-51-90(87-84-61)22-6-19-81-77(94)57-45-66(126-27-11-36-138(107,108)109)72(130-31-15-40-142(119,120)121)67(46-57)127-28-12-37-139(110,111)112)69(48-58)132-53-60-50-89(86-83-60)21-5-18-80-76(93)56-43-64(124-25-9-34-136(101,102)103)71(129-30-14-39-141(116,117)118)65(44-56)125-26-10-35-137(104,105)106/h41-51H,2-40,52-54H2,1H3,(H,78,91)(H,79,92)(H,80,93)(H,81,94)(H,95,96,97)(H,98,99,100)(H,101,102,103)(H,104,105,106)(H,107,108,109)(H,110,111,112)(H,113,114,115)(H,116,117,118)(H,119,120,121). The second-order valence-electron chi connectivity index (χ2n) is 30.8. The fourth-order valence-electron chi connectivity index (χ4n) is 12.2. The number of nitrogens with one attached hydrogen (secondary N) is 4. The van der Waals surface area contributed by atoms with Crippen molar-refractivity contribution in [3.63, 3.8) is 0 Å². The van der Waals surface area contributed by atoms with Crippen LogP contribution in [0.3, 0.4) is 0 Å². The quantitative estimate of drug-likeness (QED) is 0.0192. The highest BCUT2D eigenvalue weighted by atomic mass is 32.3. The Labute approximate surface area is 817 Å². The van der Waals surface area contributed by atoms with Gasteiger partial charge in [0.15, 0.2) is 46.0 Å². The minimum absolute atomic E-state index is 0.000659. The van der Waals surface area contributed by atoms with E-state index in [2.05, 4.69) is 52.2 Å². The molecule has 4 aromatic carbocycles. The number of carbonyl (C=O) groups excluding carboxylic acids is 4. The van der Waals surface area contributed by atoms with E-state index in [4.69, 9.17) is 56.8 Å². The van der Waals surface area contributed by atoms with Crippen LogP contribution in [-0.2, 0) is 131 Å². The van der Waals surface area contributed by atoms with Crippen LogP contribution in [0.4, 0.5) is 0 Å². The molecule has 0 saturated carbocycles. The Morgan fingerprint density at radius 2 is 0.430 bits per heavy atom. The van der Waals surface area contributed by atoms with Gasteiger partial charge in [-0.3, -0.25) is 74.2 Å². The zero-order valence-corrected chi connectivity index (χ0v) is 83.5. The van der Waals surface area contributed by atoms with Gasteiger partial charge in [-0.2, -0.15) is 75.8 Å². The molecule has 3 aromatic heterocycles. The van der Waals surface area contributed by atoms with E-state index >= 15 is 0 Å². The summed E-state index contributed by atoms with van der Waals surface area (Å²) < 4.78 is 367. The molecule has 796 valence electrons. The zero-order valence-electron chi connectivity index (χ0n) is 76.2. The number of carbonyl (C=O) groups is 4. The van der Waals surface area contributed by atoms with Crippen molar-refractivity contribution in [2.45, 2.75) is 136 Å². The molecule has 13 N–H and O–H groups in total. The predicted molar refractivity (Wildman–Crippen MR) is 496 cm³/mol. The Morgan fingerprint density at radius 1 is 0.254 bits per heavy atom. The summed E-state index contributed by atoms with van der Waals surface area (Å²) in [5.41, 5.74) is 0.123. The normalized spacial score (nSPS) is 12.3. The van der Waals surface area contributed by atoms with E-state index in [0.717, 1.165) is 0 Å². The molecule has 56 nitrogen and oxygen atoms in total. The Bertz CT molecular complexity index is 6030. The van der Waals surface area contributed by atoms with Gasteiger partial charge in [0.1, 0.15) is 36.9 Å². The molecule has 65 heteroatoms. The molecule has 0 fully saturated rings. The summed E-state index contributed by atoms with van der Waals surface area (Å²) in [5.74, 6) is -12.1. The number of aromatic nitrogens is 9. The lowest BCUT2D eigenvalue weighted by Crippen LogP contribution is -2.25. The monoisotopic (exact) mass is 2190 g/mol. The van der Waals surface area contributed by atoms with Crippen molar-refractivity contribution in [2.75, 3.05) is 137 Å². The van der Waals surface area contributed by atoms with Crippen molar-refractivity contribution in [3.8, 4) is 69.0 Å². The maximum atomic E-state index is 14.1. The Balaban J connectivity index is 1.13. The molecule has 0 aliphatic rings. The van der Waals surface area contributed by atoms with E-state index in [9.17, 15) is 136 Å². The van der Waals surface area contributed by atoms with Crippen LogP contribution >= 0.6 is 0 Å². The molecule has 0 saturated heterocycles. The Morgan fingerprint density at radius 3 is 0.627 bits per heavy atom. The van der Waals surface area contributed by atoms with Crippen molar-refractivity contribution in [1.29, 1.82) is 0 Å². The van der Waals surface area contributed by atoms with Gasteiger partial charge in [0.2, 0.25) is 23.0 Å². The summed E-state index contributed by atoms with van der Waals surface area (Å²) in [6.07, 6.45) is 3.75. The van der Waals surface area contributed by atoms with Gasteiger partial charge in [-0.15, -0.1) is 15.3 Å². The minimum atomic E-state index is -4.47. The van der Waals surface area contributed by atoms with Crippen LogP contribution < -0.4 is 78.1 Å². The van der Waals surface area contributed by atoms with E-state index < -0.39 is 226 Å². The molecule has 142 heavy (non-hydrogen) atoms. The van der Waals surface area contributed by atoms with E-state index in [0.29, 0.717) is 12.8 Å². The molecule has 0 spiro atoms. The van der Waals surface area contributed by atoms with E-state index in [1.807, 2.05) is 6.92 Å². The second-order valence-corrected chi connectivity index (χ2v) is 45.0. The number of hydrogen-bond acceptors (Lipinski definition) is 40. The molecule has 0 bridgehead atoms. The van der Waals surface area contributed by atoms with Crippen molar-refractivity contribution in [2.24, 2.45) is 0 Å². The van der Waals surface area contributed by atoms with E-state index in [-0.39, 0.29) is 251 Å². The second kappa shape index (κ2) is 56.3. The van der Waals surface area contributed by atoms with Gasteiger partial charge in [-0.25, -0.2) is 0 Å². The van der Waals surface area contributed by atoms with Crippen LogP contribution in [0.5, 0.6) is 69.0 Å². The van der Waals surface area contributed by atoms with Crippen molar-refractivity contribution < 1.29 is 193 Å². The smallest absolute Gasteiger partial charge is 0.264 e. The van der Waals surface area contributed by atoms with Gasteiger partial charge >= 0.3 is 0 Å². The number of aryl methyl sites for hydroxylation is 3. The maximum absolute atomic E-state index is 14.1. The summed E-state index contributed by atoms with van der Waals surface area (Å²) in [5, 5.41) is 36.4. The fraction of sp³-hybridized carbons (Fsp3) is 0.558. The summed E-state index contributed by atoms with van der Waals surface area (Å²) in [7, 11) is -40.1. The van der Waals surface area contributed by atoms with Crippen LogP contribution in [0, 0.1) is 0 Å². The molecule has 0 aliphatic carbocycles. The lowest BCUT2D eigenvalue weighted by molar-refractivity contribution is 0.0943. The molecule has 7 rings (SSSR count). The number of amides is 4. The van der Waals surface area contributed by atoms with Crippen LogP contribution in [0.2, 0.25) is 0 Å². The highest BCUT2D eigenvalue weighted by molar-refractivity contribution is 7.87. The van der Waals surface area contributed by atoms with Crippen LogP contribution in [-0.4, -0.2) is 323 Å². The number of unbranched alkanes of at least 4 members (excludes halogenated alkanes) is 1. The summed E-state index contributed by atoms with van der Waals surface area (Å²) in [6, 6.07) is 9.80. The van der Waals surface area contributed by atoms with Gasteiger partial charge < -0.3 is 78.1 Å². The third-order valence-corrected chi connectivity index (χ3v) is 25.8. The predicted octanol–water partition coefficient (Wildman–Crippen LogP) is 2.10. The maximum Gasteiger partial charge on any atom is 0.264 e. The third kappa shape index (κ3) is 48.4. The fourth-order valence-corrected chi connectivity index (χ4v) is 16.5. The highest BCUT2D eigenvalue weighted by Gasteiger charge is 2.28. The molecule has 4 amide bonds. The lowest BCUT2D eigenvalue weighted by Gasteiger charge is -2.19. The SMILES string of the molecule is CCCCNC(=O)c1cc(OCc2cn(CCCNC(=O)c3cc(OCCCS(=O)(=O)O)c(OCCCS(=O)(=O)O)c(OCCCS(=O)(=O)O)c3)nn2)c(OCc2cn(CCCNC(=O)c3cc(OCCCS(=O)(=O)O)c(OCCCS(=O)(=O)O)c(OCCCS(=O)(=O)O)c3)nn2)c(OCc2cn(CCCNC(=O)c3cc(OCCCS(=O)(=O)O)c(OCCCS(=O)(=O)O)c(OCCCS(=O)(=O)O)c3)nn2)c1. The molecular weight excluding hydrogens is 2080 g/mol. The van der Waals surface area contributed by atoms with E-state index in [1.165, 1.54) is 81.2 Å². The average Bonchev–Trinajstić information content (AvgIpc) is 1.72. The van der Waals surface area contributed by atoms with Gasteiger partial charge in [0.25, 0.3) is 115 Å². The number of hydrogen-bond donors (Lipinski definition) is 13. The molecule has 0 unspecified atom stereocenters. The summed E-state index contributed by atoms with van der Waals surface area (Å²) in [6.45, 7) is -2.49. The summed E-state index contributed by atoms with van der Waals surface area (Å²) in [4.78, 5) is 55.8. The van der Waals surface area contributed by atoms with Crippen molar-refractivity contribution in [3.05, 3.63) is 106 Å². The van der Waals surface area contributed by atoms with Crippen LogP contribution in [0.1, 0.15) is 155 Å². The first kappa shape index (κ1) is 118. The average molecular weight is 2200 g/mol. The zero-order chi connectivity index (χ0) is 105. The van der Waals surface area contributed by atoms with Crippen LogP contribution in [0.25, 0.3) is 0 Å². The molecule has 3 heterocycles. The van der Waals surface area contributed by atoms with Gasteiger partial charge in [0, 0.05) is 68.1 Å². The molecule has 7 aromatic rings. The number of ether oxygens (including phenoxy) is 12. The summed E-state index contributed by atoms with van der Waals surface area (Å²) >= 11 is 0. The molecule has 0 radical (unpaired) electrons. The van der Waals surface area contributed by atoms with Crippen LogP contribution in [0.15, 0.2) is 67.1 Å². The first-order valence-electron chi connectivity index (χ1n) is 43.2. The highest BCUT2D eigenvalue weighted by Crippen LogP contribution is 2.44. The Kier molecular flexibility index (Phi) is 46.7. The van der Waals surface area contributed by atoms with E-state index in [1.54, 1.807) is 0 Å². The van der Waals surface area contributed by atoms with Gasteiger partial charge in [0.05, 0.1) is 130 Å². The first-order valence-corrected chi connectivity index (χ1v) is 57.7. The molecular formula is C77H111N13O43S9. The lowest BCUT2D eigenvalue weighted by atomic mass is 10.1.